The molecule has 1 aromatic heterocycles. The predicted molar refractivity (Wildman–Crippen MR) is 76.9 cm³/mol. The molecule has 5 heteroatoms. The van der Waals surface area contributed by atoms with Crippen molar-refractivity contribution in [2.75, 3.05) is 6.61 Å². The molecule has 4 nitrogen and oxygen atoms in total. The van der Waals surface area contributed by atoms with Crippen LogP contribution >= 0.6 is 15.9 Å². The van der Waals surface area contributed by atoms with Gasteiger partial charge < -0.3 is 9.63 Å². The fraction of sp³-hybridized carbons (Fsp3) is 0.429. The first kappa shape index (κ1) is 14.2. The number of aromatic nitrogens is 2. The van der Waals surface area contributed by atoms with Gasteiger partial charge in [-0.1, -0.05) is 21.1 Å². The van der Waals surface area contributed by atoms with Crippen LogP contribution in [0.25, 0.3) is 11.4 Å². The molecule has 0 atom stereocenters. The van der Waals surface area contributed by atoms with Crippen LogP contribution in [0.4, 0.5) is 0 Å². The predicted octanol–water partition coefficient (Wildman–Crippen LogP) is 3.43. The van der Waals surface area contributed by atoms with Crippen molar-refractivity contribution in [2.45, 2.75) is 33.1 Å². The molecule has 0 saturated heterocycles. The van der Waals surface area contributed by atoms with Gasteiger partial charge in [0, 0.05) is 23.1 Å². The second-order valence-electron chi connectivity index (χ2n) is 4.62. The summed E-state index contributed by atoms with van der Waals surface area (Å²) in [6, 6.07) is 4.08. The van der Waals surface area contributed by atoms with Crippen LogP contribution < -0.4 is 0 Å². The Morgan fingerprint density at radius 3 is 2.53 bits per heavy atom. The van der Waals surface area contributed by atoms with E-state index in [9.17, 15) is 0 Å². The number of rotatable bonds is 5. The largest absolute Gasteiger partial charge is 0.396 e. The molecule has 19 heavy (non-hydrogen) atoms. The Morgan fingerprint density at radius 2 is 1.89 bits per heavy atom. The average Bonchev–Trinajstić information content (AvgIpc) is 2.84. The van der Waals surface area contributed by atoms with Crippen LogP contribution in [0.5, 0.6) is 0 Å². The van der Waals surface area contributed by atoms with E-state index in [1.165, 1.54) is 0 Å². The lowest BCUT2D eigenvalue weighted by Gasteiger charge is -2.04. The summed E-state index contributed by atoms with van der Waals surface area (Å²) in [5.41, 5.74) is 3.28. The summed E-state index contributed by atoms with van der Waals surface area (Å²) < 4.78 is 6.33. The third kappa shape index (κ3) is 3.42. The van der Waals surface area contributed by atoms with Crippen LogP contribution in [-0.2, 0) is 6.42 Å². The van der Waals surface area contributed by atoms with Gasteiger partial charge in [-0.25, -0.2) is 0 Å². The van der Waals surface area contributed by atoms with E-state index in [1.54, 1.807) is 0 Å². The highest BCUT2D eigenvalue weighted by molar-refractivity contribution is 9.10. The lowest BCUT2D eigenvalue weighted by atomic mass is 10.1. The zero-order valence-corrected chi connectivity index (χ0v) is 12.7. The first-order valence-electron chi connectivity index (χ1n) is 6.32. The summed E-state index contributed by atoms with van der Waals surface area (Å²) in [4.78, 5) is 4.39. The van der Waals surface area contributed by atoms with Gasteiger partial charge in [0.05, 0.1) is 0 Å². The number of hydrogen-bond acceptors (Lipinski definition) is 4. The number of nitrogens with zero attached hydrogens (tertiary/aromatic N) is 2. The summed E-state index contributed by atoms with van der Waals surface area (Å²) in [5, 5.41) is 12.8. The molecule has 2 rings (SSSR count). The van der Waals surface area contributed by atoms with Gasteiger partial charge in [0.25, 0.3) is 0 Å². The van der Waals surface area contributed by atoms with E-state index in [2.05, 4.69) is 26.1 Å². The minimum Gasteiger partial charge on any atom is -0.396 e. The second kappa shape index (κ2) is 6.30. The number of aryl methyl sites for hydroxylation is 3. The van der Waals surface area contributed by atoms with Crippen molar-refractivity contribution >= 4 is 15.9 Å². The molecule has 0 radical (unpaired) electrons. The number of aliphatic hydroxyl groups is 1. The minimum atomic E-state index is 0.200. The Hall–Kier alpha value is -1.20. The maximum Gasteiger partial charge on any atom is 0.226 e. The molecule has 1 aromatic carbocycles. The van der Waals surface area contributed by atoms with Gasteiger partial charge >= 0.3 is 0 Å². The summed E-state index contributed by atoms with van der Waals surface area (Å²) in [6.07, 6.45) is 2.33. The molecule has 0 amide bonds. The van der Waals surface area contributed by atoms with Crippen molar-refractivity contribution < 1.29 is 9.63 Å². The third-order valence-electron chi connectivity index (χ3n) is 2.96. The Labute approximate surface area is 121 Å². The molecule has 0 aliphatic carbocycles. The molecular weight excluding hydrogens is 308 g/mol. The lowest BCUT2D eigenvalue weighted by molar-refractivity contribution is 0.281. The molecule has 0 aliphatic heterocycles. The third-order valence-corrected chi connectivity index (χ3v) is 4.21. The van der Waals surface area contributed by atoms with E-state index in [0.717, 1.165) is 34.0 Å². The Balaban J connectivity index is 2.18. The number of benzene rings is 1. The van der Waals surface area contributed by atoms with E-state index >= 15 is 0 Å². The number of hydrogen-bond donors (Lipinski definition) is 1. The number of unbranched alkanes of at least 4 members (excludes halogenated alkanes) is 1. The molecule has 0 saturated carbocycles. The normalized spacial score (nSPS) is 10.9. The number of halogens is 1. The van der Waals surface area contributed by atoms with E-state index in [-0.39, 0.29) is 6.61 Å². The Bertz CT molecular complexity index is 543. The van der Waals surface area contributed by atoms with Crippen molar-refractivity contribution in [2.24, 2.45) is 0 Å². The molecule has 0 unspecified atom stereocenters. The van der Waals surface area contributed by atoms with Crippen molar-refractivity contribution in [3.05, 3.63) is 33.6 Å². The smallest absolute Gasteiger partial charge is 0.226 e. The quantitative estimate of drug-likeness (QED) is 0.856. The monoisotopic (exact) mass is 324 g/mol. The zero-order chi connectivity index (χ0) is 13.8. The van der Waals surface area contributed by atoms with Crippen LogP contribution in [0.1, 0.15) is 29.9 Å². The van der Waals surface area contributed by atoms with Gasteiger partial charge in [-0.3, -0.25) is 0 Å². The van der Waals surface area contributed by atoms with Gasteiger partial charge in [-0.15, -0.1) is 0 Å². The molecular formula is C14H17BrN2O2. The van der Waals surface area contributed by atoms with Crippen molar-refractivity contribution in [1.82, 2.24) is 10.1 Å². The Morgan fingerprint density at radius 1 is 1.21 bits per heavy atom. The van der Waals surface area contributed by atoms with Gasteiger partial charge in [-0.2, -0.15) is 4.98 Å². The summed E-state index contributed by atoms with van der Waals surface area (Å²) in [5.74, 6) is 1.25. The highest BCUT2D eigenvalue weighted by Crippen LogP contribution is 2.27. The van der Waals surface area contributed by atoms with Crippen LogP contribution in [0, 0.1) is 13.8 Å². The van der Waals surface area contributed by atoms with E-state index in [4.69, 9.17) is 9.63 Å². The van der Waals surface area contributed by atoms with Crippen molar-refractivity contribution in [3.8, 4) is 11.4 Å². The van der Waals surface area contributed by atoms with Gasteiger partial charge in [0.2, 0.25) is 11.7 Å². The summed E-state index contributed by atoms with van der Waals surface area (Å²) in [7, 11) is 0. The molecule has 102 valence electrons. The molecule has 0 spiro atoms. The molecule has 1 heterocycles. The summed E-state index contributed by atoms with van der Waals surface area (Å²) in [6.45, 7) is 4.29. The van der Waals surface area contributed by atoms with Gasteiger partial charge in [-0.05, 0) is 49.9 Å². The second-order valence-corrected chi connectivity index (χ2v) is 5.41. The van der Waals surface area contributed by atoms with E-state index < -0.39 is 0 Å². The fourth-order valence-electron chi connectivity index (χ4n) is 1.94. The maximum absolute atomic E-state index is 8.74. The maximum atomic E-state index is 8.74. The molecule has 2 aromatic rings. The van der Waals surface area contributed by atoms with Crippen LogP contribution in [-0.4, -0.2) is 21.9 Å². The average molecular weight is 325 g/mol. The SMILES string of the molecule is Cc1cc(-c2noc(CCCCO)n2)cc(C)c1Br. The van der Waals surface area contributed by atoms with E-state index in [1.807, 2.05) is 26.0 Å². The topological polar surface area (TPSA) is 59.2 Å². The standard InChI is InChI=1S/C14H17BrN2O2/c1-9-7-11(8-10(2)13(9)15)14-16-12(19-17-14)5-3-4-6-18/h7-8,18H,3-6H2,1-2H3. The van der Waals surface area contributed by atoms with Crippen LogP contribution in [0.2, 0.25) is 0 Å². The lowest BCUT2D eigenvalue weighted by Crippen LogP contribution is -1.90. The van der Waals surface area contributed by atoms with Gasteiger partial charge in [0.15, 0.2) is 0 Å². The van der Waals surface area contributed by atoms with Gasteiger partial charge in [0.1, 0.15) is 0 Å². The van der Waals surface area contributed by atoms with Crippen LogP contribution in [0.3, 0.4) is 0 Å². The Kier molecular flexibility index (Phi) is 4.71. The molecule has 0 aliphatic rings. The first-order chi connectivity index (χ1) is 9.11. The first-order valence-corrected chi connectivity index (χ1v) is 7.11. The highest BCUT2D eigenvalue weighted by atomic mass is 79.9. The van der Waals surface area contributed by atoms with Crippen molar-refractivity contribution in [1.29, 1.82) is 0 Å². The zero-order valence-electron chi connectivity index (χ0n) is 11.1. The van der Waals surface area contributed by atoms with Crippen molar-refractivity contribution in [3.63, 3.8) is 0 Å². The summed E-state index contributed by atoms with van der Waals surface area (Å²) >= 11 is 3.55. The minimum absolute atomic E-state index is 0.200. The molecule has 0 bridgehead atoms. The fourth-order valence-corrected chi connectivity index (χ4v) is 2.17. The molecule has 0 fully saturated rings. The number of aliphatic hydroxyl groups excluding tert-OH is 1. The molecule has 1 N–H and O–H groups in total. The highest BCUT2D eigenvalue weighted by Gasteiger charge is 2.11. The van der Waals surface area contributed by atoms with E-state index in [0.29, 0.717) is 18.1 Å². The van der Waals surface area contributed by atoms with Crippen LogP contribution in [0.15, 0.2) is 21.1 Å².